The third kappa shape index (κ3) is 5.31. The molecule has 122 valence electrons. The summed E-state index contributed by atoms with van der Waals surface area (Å²) in [5.74, 6) is -0.0570. The molecule has 1 fully saturated rings. The van der Waals surface area contributed by atoms with Gasteiger partial charge in [-0.25, -0.2) is 0 Å². The predicted molar refractivity (Wildman–Crippen MR) is 90.3 cm³/mol. The van der Waals surface area contributed by atoms with Gasteiger partial charge in [0, 0.05) is 31.0 Å². The number of anilines is 2. The van der Waals surface area contributed by atoms with E-state index in [2.05, 4.69) is 22.3 Å². The molecule has 5 heteroatoms. The molecule has 0 aliphatic carbocycles. The van der Waals surface area contributed by atoms with Crippen molar-refractivity contribution in [3.8, 4) is 0 Å². The standard InChI is InChI=1S/C17H27N3O2/c1-19(12-13-21)14-17(22)18-15-6-8-16(9-7-15)20-10-4-2-3-5-11-20/h6-9,21H,2-5,10-14H2,1H3,(H,18,22). The summed E-state index contributed by atoms with van der Waals surface area (Å²) in [4.78, 5) is 16.1. The third-order valence-corrected chi connectivity index (χ3v) is 4.02. The lowest BCUT2D eigenvalue weighted by Crippen LogP contribution is -2.32. The topological polar surface area (TPSA) is 55.8 Å². The summed E-state index contributed by atoms with van der Waals surface area (Å²) in [7, 11) is 1.82. The molecule has 1 aliphatic heterocycles. The van der Waals surface area contributed by atoms with Crippen LogP contribution in [0.2, 0.25) is 0 Å². The average Bonchev–Trinajstić information content (AvgIpc) is 2.77. The second-order valence-corrected chi connectivity index (χ2v) is 5.96. The summed E-state index contributed by atoms with van der Waals surface area (Å²) >= 11 is 0. The van der Waals surface area contributed by atoms with E-state index in [0.717, 1.165) is 18.8 Å². The first-order valence-corrected chi connectivity index (χ1v) is 8.13. The van der Waals surface area contributed by atoms with Crippen LogP contribution >= 0.6 is 0 Å². The van der Waals surface area contributed by atoms with Gasteiger partial charge in [0.25, 0.3) is 0 Å². The fourth-order valence-electron chi connectivity index (χ4n) is 2.78. The van der Waals surface area contributed by atoms with Gasteiger partial charge in [-0.2, -0.15) is 0 Å². The number of aliphatic hydroxyl groups excluding tert-OH is 1. The average molecular weight is 305 g/mol. The van der Waals surface area contributed by atoms with Crippen molar-refractivity contribution in [1.82, 2.24) is 4.90 Å². The number of hydrogen-bond acceptors (Lipinski definition) is 4. The molecule has 1 saturated heterocycles. The highest BCUT2D eigenvalue weighted by Crippen LogP contribution is 2.21. The Bertz CT molecular complexity index is 453. The summed E-state index contributed by atoms with van der Waals surface area (Å²) in [6, 6.07) is 8.09. The van der Waals surface area contributed by atoms with Crippen molar-refractivity contribution in [3.63, 3.8) is 0 Å². The van der Waals surface area contributed by atoms with Gasteiger partial charge in [0.05, 0.1) is 13.2 Å². The fourth-order valence-corrected chi connectivity index (χ4v) is 2.78. The molecule has 2 N–H and O–H groups in total. The second-order valence-electron chi connectivity index (χ2n) is 5.96. The van der Waals surface area contributed by atoms with Gasteiger partial charge in [0.1, 0.15) is 0 Å². The Morgan fingerprint density at radius 2 is 1.82 bits per heavy atom. The largest absolute Gasteiger partial charge is 0.395 e. The maximum Gasteiger partial charge on any atom is 0.238 e. The van der Waals surface area contributed by atoms with E-state index >= 15 is 0 Å². The minimum absolute atomic E-state index is 0.0570. The van der Waals surface area contributed by atoms with Gasteiger partial charge in [-0.05, 0) is 44.2 Å². The number of nitrogens with zero attached hydrogens (tertiary/aromatic N) is 2. The lowest BCUT2D eigenvalue weighted by atomic mass is 10.2. The van der Waals surface area contributed by atoms with E-state index in [9.17, 15) is 4.79 Å². The van der Waals surface area contributed by atoms with Gasteiger partial charge in [0.2, 0.25) is 5.91 Å². The van der Waals surface area contributed by atoms with E-state index in [-0.39, 0.29) is 19.1 Å². The molecule has 5 nitrogen and oxygen atoms in total. The molecule has 22 heavy (non-hydrogen) atoms. The van der Waals surface area contributed by atoms with Crippen molar-refractivity contribution in [1.29, 1.82) is 0 Å². The Morgan fingerprint density at radius 3 is 2.41 bits per heavy atom. The van der Waals surface area contributed by atoms with Crippen LogP contribution in [0, 0.1) is 0 Å². The van der Waals surface area contributed by atoms with Crippen LogP contribution in [0.25, 0.3) is 0 Å². The number of rotatable bonds is 6. The quantitative estimate of drug-likeness (QED) is 0.843. The minimum Gasteiger partial charge on any atom is -0.395 e. The first-order valence-electron chi connectivity index (χ1n) is 8.13. The monoisotopic (exact) mass is 305 g/mol. The van der Waals surface area contributed by atoms with E-state index in [4.69, 9.17) is 5.11 Å². The van der Waals surface area contributed by atoms with Crippen LogP contribution in [0.1, 0.15) is 25.7 Å². The van der Waals surface area contributed by atoms with Crippen molar-refractivity contribution in [2.75, 3.05) is 50.1 Å². The third-order valence-electron chi connectivity index (χ3n) is 4.02. The predicted octanol–water partition coefficient (Wildman–Crippen LogP) is 1.93. The number of carbonyl (C=O) groups is 1. The molecule has 1 amide bonds. The van der Waals surface area contributed by atoms with Gasteiger partial charge < -0.3 is 15.3 Å². The molecule has 1 aromatic rings. The van der Waals surface area contributed by atoms with E-state index in [1.54, 1.807) is 4.90 Å². The molecule has 0 aromatic heterocycles. The number of likely N-dealkylation sites (N-methyl/N-ethyl adjacent to an activating group) is 1. The summed E-state index contributed by atoms with van der Waals surface area (Å²) in [6.45, 7) is 3.10. The van der Waals surface area contributed by atoms with E-state index in [0.29, 0.717) is 6.54 Å². The molecule has 1 aliphatic rings. The Balaban J connectivity index is 1.87. The summed E-state index contributed by atoms with van der Waals surface area (Å²) in [6.07, 6.45) is 5.17. The number of carbonyl (C=O) groups excluding carboxylic acids is 1. The zero-order chi connectivity index (χ0) is 15.8. The van der Waals surface area contributed by atoms with Gasteiger partial charge in [-0.15, -0.1) is 0 Å². The zero-order valence-corrected chi connectivity index (χ0v) is 13.4. The SMILES string of the molecule is CN(CCO)CC(=O)Nc1ccc(N2CCCCCC2)cc1. The molecule has 0 bridgehead atoms. The molecule has 1 heterocycles. The van der Waals surface area contributed by atoms with E-state index in [1.807, 2.05) is 19.2 Å². The van der Waals surface area contributed by atoms with Crippen molar-refractivity contribution in [2.24, 2.45) is 0 Å². The van der Waals surface area contributed by atoms with E-state index < -0.39 is 0 Å². The molecule has 1 aromatic carbocycles. The fraction of sp³-hybridized carbons (Fsp3) is 0.588. The Morgan fingerprint density at radius 1 is 1.18 bits per heavy atom. The Hall–Kier alpha value is -1.59. The molecule has 0 unspecified atom stereocenters. The Labute approximate surface area is 132 Å². The van der Waals surface area contributed by atoms with Crippen molar-refractivity contribution < 1.29 is 9.90 Å². The number of hydrogen-bond donors (Lipinski definition) is 2. The summed E-state index contributed by atoms with van der Waals surface area (Å²) in [5, 5.41) is 11.7. The maximum absolute atomic E-state index is 11.9. The van der Waals surface area contributed by atoms with Crippen molar-refractivity contribution in [2.45, 2.75) is 25.7 Å². The van der Waals surface area contributed by atoms with Crippen LogP contribution in [0.5, 0.6) is 0 Å². The zero-order valence-electron chi connectivity index (χ0n) is 13.4. The smallest absolute Gasteiger partial charge is 0.238 e. The van der Waals surface area contributed by atoms with Crippen molar-refractivity contribution in [3.05, 3.63) is 24.3 Å². The van der Waals surface area contributed by atoms with Gasteiger partial charge in [-0.1, -0.05) is 12.8 Å². The molecular weight excluding hydrogens is 278 g/mol. The molecular formula is C17H27N3O2. The van der Waals surface area contributed by atoms with Crippen LogP contribution in [-0.2, 0) is 4.79 Å². The second kappa shape index (κ2) is 8.76. The first-order chi connectivity index (χ1) is 10.7. The summed E-state index contributed by atoms with van der Waals surface area (Å²) < 4.78 is 0. The van der Waals surface area contributed by atoms with Crippen LogP contribution in [0.15, 0.2) is 24.3 Å². The van der Waals surface area contributed by atoms with Gasteiger partial charge in [-0.3, -0.25) is 9.69 Å². The van der Waals surface area contributed by atoms with Crippen LogP contribution in [-0.4, -0.2) is 55.7 Å². The molecule has 2 rings (SSSR count). The lowest BCUT2D eigenvalue weighted by Gasteiger charge is -2.23. The van der Waals surface area contributed by atoms with Crippen LogP contribution in [0.4, 0.5) is 11.4 Å². The molecule has 0 radical (unpaired) electrons. The lowest BCUT2D eigenvalue weighted by molar-refractivity contribution is -0.117. The minimum atomic E-state index is -0.0570. The molecule has 0 atom stereocenters. The maximum atomic E-state index is 11.9. The summed E-state index contributed by atoms with van der Waals surface area (Å²) in [5.41, 5.74) is 2.05. The number of amides is 1. The number of benzene rings is 1. The Kier molecular flexibility index (Phi) is 6.68. The van der Waals surface area contributed by atoms with Crippen LogP contribution < -0.4 is 10.2 Å². The van der Waals surface area contributed by atoms with Crippen LogP contribution in [0.3, 0.4) is 0 Å². The van der Waals surface area contributed by atoms with E-state index in [1.165, 1.54) is 31.4 Å². The normalized spacial score (nSPS) is 15.7. The number of nitrogens with one attached hydrogen (secondary N) is 1. The van der Waals surface area contributed by atoms with Crippen molar-refractivity contribution >= 4 is 17.3 Å². The van der Waals surface area contributed by atoms with Gasteiger partial charge in [0.15, 0.2) is 0 Å². The molecule has 0 spiro atoms. The molecule has 0 saturated carbocycles. The number of aliphatic hydroxyl groups is 1. The highest BCUT2D eigenvalue weighted by molar-refractivity contribution is 5.92. The highest BCUT2D eigenvalue weighted by Gasteiger charge is 2.10. The highest BCUT2D eigenvalue weighted by atomic mass is 16.3. The van der Waals surface area contributed by atoms with Gasteiger partial charge >= 0.3 is 0 Å². The first kappa shape index (κ1) is 16.8.